The topological polar surface area (TPSA) is 29.5 Å². The van der Waals surface area contributed by atoms with Crippen molar-refractivity contribution in [2.24, 2.45) is 0 Å². The van der Waals surface area contributed by atoms with Gasteiger partial charge in [0.1, 0.15) is 11.6 Å². The molecule has 0 fully saturated rings. The van der Waals surface area contributed by atoms with Crippen molar-refractivity contribution in [3.63, 3.8) is 0 Å². The third-order valence-corrected chi connectivity index (χ3v) is 4.67. The minimum Gasteiger partial charge on any atom is -0.497 e. The second-order valence-electron chi connectivity index (χ2n) is 6.42. The number of amides is 1. The normalized spacial score (nSPS) is 15.3. The highest BCUT2D eigenvalue weighted by molar-refractivity contribution is 6.00. The number of fused-ring (bicyclic) bond motifs is 1. The quantitative estimate of drug-likeness (QED) is 0.835. The van der Waals surface area contributed by atoms with E-state index in [1.54, 1.807) is 18.1 Å². The Morgan fingerprint density at radius 3 is 2.50 bits per heavy atom. The Morgan fingerprint density at radius 1 is 1.25 bits per heavy atom. The summed E-state index contributed by atoms with van der Waals surface area (Å²) in [5.41, 5.74) is 2.15. The third kappa shape index (κ3) is 2.48. The van der Waals surface area contributed by atoms with Crippen molar-refractivity contribution >= 4 is 12.0 Å². The monoisotopic (exact) mass is 325 g/mol. The minimum atomic E-state index is -0.516. The van der Waals surface area contributed by atoms with Crippen LogP contribution in [0.3, 0.4) is 0 Å². The second-order valence-corrected chi connectivity index (χ2v) is 6.42. The molecule has 0 unspecified atom stereocenters. The fourth-order valence-electron chi connectivity index (χ4n) is 3.16. The molecule has 4 heteroatoms. The Hall–Kier alpha value is -2.62. The van der Waals surface area contributed by atoms with E-state index in [1.807, 2.05) is 38.1 Å². The number of hydrogen-bond acceptors (Lipinski definition) is 2. The van der Waals surface area contributed by atoms with Gasteiger partial charge < -0.3 is 9.64 Å². The average Bonchev–Trinajstić information content (AvgIpc) is 2.75. The zero-order chi connectivity index (χ0) is 17.5. The summed E-state index contributed by atoms with van der Waals surface area (Å²) in [7, 11) is 1.62. The first-order valence-corrected chi connectivity index (χ1v) is 7.80. The Kier molecular flexibility index (Phi) is 3.91. The highest BCUT2D eigenvalue weighted by atomic mass is 19.1. The number of nitrogens with zero attached hydrogens (tertiary/aromatic N) is 1. The highest BCUT2D eigenvalue weighted by Crippen LogP contribution is 2.40. The molecule has 3 nitrogen and oxygen atoms in total. The molecule has 2 aromatic rings. The van der Waals surface area contributed by atoms with E-state index in [0.29, 0.717) is 17.7 Å². The van der Waals surface area contributed by atoms with Crippen molar-refractivity contribution in [1.82, 2.24) is 4.90 Å². The van der Waals surface area contributed by atoms with Crippen LogP contribution in [0.4, 0.5) is 4.39 Å². The largest absolute Gasteiger partial charge is 0.497 e. The maximum absolute atomic E-state index is 14.1. The number of rotatable bonds is 4. The lowest BCUT2D eigenvalue weighted by atomic mass is 9.91. The van der Waals surface area contributed by atoms with Crippen molar-refractivity contribution in [3.05, 3.63) is 71.0 Å². The molecule has 24 heavy (non-hydrogen) atoms. The van der Waals surface area contributed by atoms with E-state index in [9.17, 15) is 9.18 Å². The number of halogens is 1. The van der Waals surface area contributed by atoms with E-state index >= 15 is 0 Å². The van der Waals surface area contributed by atoms with Crippen LogP contribution in [-0.2, 0) is 12.1 Å². The number of methoxy groups -OCH3 is 1. The molecular formula is C20H20FNO2. The van der Waals surface area contributed by atoms with Crippen molar-refractivity contribution in [2.45, 2.75) is 25.9 Å². The fraction of sp³-hybridized carbons (Fsp3) is 0.250. The molecule has 124 valence electrons. The molecule has 0 spiro atoms. The Bertz CT molecular complexity index is 809. The van der Waals surface area contributed by atoms with E-state index in [2.05, 4.69) is 6.58 Å². The van der Waals surface area contributed by atoms with Gasteiger partial charge in [0.25, 0.3) is 5.91 Å². The van der Waals surface area contributed by atoms with Crippen LogP contribution in [0.5, 0.6) is 5.75 Å². The smallest absolute Gasteiger partial charge is 0.255 e. The van der Waals surface area contributed by atoms with Gasteiger partial charge in [-0.3, -0.25) is 4.79 Å². The van der Waals surface area contributed by atoms with Crippen LogP contribution in [-0.4, -0.2) is 17.9 Å². The Balaban J connectivity index is 1.97. The maximum atomic E-state index is 14.1. The van der Waals surface area contributed by atoms with Crippen molar-refractivity contribution < 1.29 is 13.9 Å². The minimum absolute atomic E-state index is 0.152. The van der Waals surface area contributed by atoms with Gasteiger partial charge in [-0.25, -0.2) is 4.39 Å². The van der Waals surface area contributed by atoms with Crippen LogP contribution >= 0.6 is 0 Å². The van der Waals surface area contributed by atoms with Crippen LogP contribution < -0.4 is 4.74 Å². The molecule has 0 atom stereocenters. The molecule has 0 bridgehead atoms. The molecule has 0 aliphatic carbocycles. The van der Waals surface area contributed by atoms with Crippen molar-refractivity contribution in [1.29, 1.82) is 0 Å². The van der Waals surface area contributed by atoms with E-state index < -0.39 is 11.4 Å². The number of benzene rings is 2. The van der Waals surface area contributed by atoms with E-state index in [4.69, 9.17) is 4.74 Å². The molecule has 1 aliphatic rings. The summed E-state index contributed by atoms with van der Waals surface area (Å²) >= 11 is 0. The van der Waals surface area contributed by atoms with Gasteiger partial charge in [0.15, 0.2) is 0 Å². The van der Waals surface area contributed by atoms with Gasteiger partial charge in [0.05, 0.1) is 12.6 Å². The van der Waals surface area contributed by atoms with E-state index in [0.717, 1.165) is 16.9 Å². The fourth-order valence-corrected chi connectivity index (χ4v) is 3.16. The zero-order valence-electron chi connectivity index (χ0n) is 14.1. The lowest BCUT2D eigenvalue weighted by Crippen LogP contribution is -2.38. The van der Waals surface area contributed by atoms with Crippen LogP contribution in [0.2, 0.25) is 0 Å². The molecule has 1 amide bonds. The lowest BCUT2D eigenvalue weighted by Gasteiger charge is -2.32. The summed E-state index contributed by atoms with van der Waals surface area (Å²) in [4.78, 5) is 14.6. The molecule has 0 saturated carbocycles. The van der Waals surface area contributed by atoms with Gasteiger partial charge in [-0.2, -0.15) is 0 Å². The number of hydrogen-bond donors (Lipinski definition) is 0. The molecule has 0 saturated heterocycles. The van der Waals surface area contributed by atoms with Crippen molar-refractivity contribution in [3.8, 4) is 5.75 Å². The molecule has 1 aliphatic heterocycles. The first-order chi connectivity index (χ1) is 11.4. The summed E-state index contributed by atoms with van der Waals surface area (Å²) in [6.45, 7) is 8.05. The molecule has 0 aromatic heterocycles. The summed E-state index contributed by atoms with van der Waals surface area (Å²) in [5, 5.41) is 0. The van der Waals surface area contributed by atoms with Gasteiger partial charge in [0, 0.05) is 17.7 Å². The van der Waals surface area contributed by atoms with E-state index in [1.165, 1.54) is 12.1 Å². The molecular weight excluding hydrogens is 305 g/mol. The average molecular weight is 325 g/mol. The van der Waals surface area contributed by atoms with Crippen molar-refractivity contribution in [2.75, 3.05) is 7.11 Å². The third-order valence-electron chi connectivity index (χ3n) is 4.67. The van der Waals surface area contributed by atoms with Crippen LogP contribution in [0.25, 0.3) is 6.08 Å². The van der Waals surface area contributed by atoms with Gasteiger partial charge in [0.2, 0.25) is 0 Å². The van der Waals surface area contributed by atoms with Crippen LogP contribution in [0.15, 0.2) is 43.0 Å². The molecule has 0 radical (unpaired) electrons. The first-order valence-electron chi connectivity index (χ1n) is 7.80. The van der Waals surface area contributed by atoms with E-state index in [-0.39, 0.29) is 5.91 Å². The summed E-state index contributed by atoms with van der Waals surface area (Å²) in [6.07, 6.45) is 1.47. The standard InChI is InChI=1S/C20H20FNO2/c1-5-14-10-17-16(11-18(14)21)19(23)22(20(17,2)3)12-13-6-8-15(24-4)9-7-13/h5-11H,1,12H2,2-4H3. The Morgan fingerprint density at radius 2 is 1.92 bits per heavy atom. The first kappa shape index (κ1) is 16.2. The number of carbonyl (C=O) groups excluding carboxylic acids is 1. The molecule has 2 aromatic carbocycles. The van der Waals surface area contributed by atoms with Gasteiger partial charge in [-0.05, 0) is 49.2 Å². The molecule has 3 rings (SSSR count). The zero-order valence-corrected chi connectivity index (χ0v) is 14.1. The predicted molar refractivity (Wildman–Crippen MR) is 92.4 cm³/mol. The second kappa shape index (κ2) is 5.78. The SMILES string of the molecule is C=Cc1cc2c(cc1F)C(=O)N(Cc1ccc(OC)cc1)C2(C)C. The Labute approximate surface area is 141 Å². The molecule has 0 N–H and O–H groups in total. The van der Waals surface area contributed by atoms with Gasteiger partial charge >= 0.3 is 0 Å². The highest BCUT2D eigenvalue weighted by Gasteiger charge is 2.43. The molecule has 1 heterocycles. The summed E-state index contributed by atoms with van der Waals surface area (Å²) in [5.74, 6) is 0.200. The summed E-state index contributed by atoms with van der Waals surface area (Å²) in [6, 6.07) is 10.6. The van der Waals surface area contributed by atoms with Gasteiger partial charge in [-0.1, -0.05) is 24.8 Å². The van der Waals surface area contributed by atoms with Crippen LogP contribution in [0.1, 0.15) is 40.9 Å². The number of ether oxygens (including phenoxy) is 1. The van der Waals surface area contributed by atoms with Gasteiger partial charge in [-0.15, -0.1) is 0 Å². The lowest BCUT2D eigenvalue weighted by molar-refractivity contribution is 0.0595. The van der Waals surface area contributed by atoms with Crippen LogP contribution in [0, 0.1) is 5.82 Å². The summed E-state index contributed by atoms with van der Waals surface area (Å²) < 4.78 is 19.2. The number of carbonyl (C=O) groups is 1. The predicted octanol–water partition coefficient (Wildman–Crippen LogP) is 4.37. The maximum Gasteiger partial charge on any atom is 0.255 e.